The average Bonchev–Trinajstić information content (AvgIpc) is 2.89. The van der Waals surface area contributed by atoms with E-state index >= 15 is 0 Å². The van der Waals surface area contributed by atoms with Crippen LogP contribution in [0.5, 0.6) is 5.75 Å². The zero-order chi connectivity index (χ0) is 17.3. The molecule has 3 N–H and O–H groups in total. The van der Waals surface area contributed by atoms with E-state index in [0.717, 1.165) is 4.90 Å². The largest absolute Gasteiger partial charge is 0.497 e. The Morgan fingerprint density at radius 1 is 1.29 bits per heavy atom. The van der Waals surface area contributed by atoms with Gasteiger partial charge in [-0.1, -0.05) is 6.07 Å². The van der Waals surface area contributed by atoms with Crippen LogP contribution in [0.2, 0.25) is 0 Å². The summed E-state index contributed by atoms with van der Waals surface area (Å²) < 4.78 is 5.16. The van der Waals surface area contributed by atoms with Crippen molar-refractivity contribution in [1.29, 1.82) is 0 Å². The van der Waals surface area contributed by atoms with Gasteiger partial charge in [-0.2, -0.15) is 0 Å². The lowest BCUT2D eigenvalue weighted by atomic mass is 9.95. The third kappa shape index (κ3) is 2.99. The lowest BCUT2D eigenvalue weighted by Crippen LogP contribution is -3.17. The standard InChI is InChI=1S/C17H21N3O4/c1-24-13-4-2-3-12(9-13)20-15(21)10-14(17(20)23)19-7-5-11(6-8-19)16(18)22/h2-4,9,11,14H,5-8,10H2,1H3,(H2,18,22)/p+1/t14-/m0/s1. The molecule has 7 heteroatoms. The molecule has 24 heavy (non-hydrogen) atoms. The zero-order valence-corrected chi connectivity index (χ0v) is 13.7. The number of piperidine rings is 1. The second-order valence-electron chi connectivity index (χ2n) is 6.36. The van der Waals surface area contributed by atoms with Gasteiger partial charge in [-0.25, -0.2) is 4.90 Å². The predicted octanol–water partition coefficient (Wildman–Crippen LogP) is -0.893. The summed E-state index contributed by atoms with van der Waals surface area (Å²) in [6.45, 7) is 1.37. The summed E-state index contributed by atoms with van der Waals surface area (Å²) in [6, 6.07) is 6.57. The minimum atomic E-state index is -0.377. The molecule has 128 valence electrons. The first kappa shape index (κ1) is 16.4. The smallest absolute Gasteiger partial charge is 0.292 e. The Bertz CT molecular complexity index is 668. The number of likely N-dealkylation sites (tertiary alicyclic amines) is 1. The van der Waals surface area contributed by atoms with Gasteiger partial charge in [0, 0.05) is 24.8 Å². The number of carbonyl (C=O) groups is 3. The van der Waals surface area contributed by atoms with E-state index in [1.54, 1.807) is 31.4 Å². The van der Waals surface area contributed by atoms with Gasteiger partial charge in [0.25, 0.3) is 5.91 Å². The third-order valence-corrected chi connectivity index (χ3v) is 4.98. The molecule has 2 fully saturated rings. The molecule has 0 spiro atoms. The van der Waals surface area contributed by atoms with Crippen LogP contribution in [0.3, 0.4) is 0 Å². The second-order valence-corrected chi connectivity index (χ2v) is 6.36. The summed E-state index contributed by atoms with van der Waals surface area (Å²) in [5.74, 6) is -0.161. The number of quaternary nitrogens is 1. The average molecular weight is 332 g/mol. The fourth-order valence-electron chi connectivity index (χ4n) is 3.59. The molecule has 0 bridgehead atoms. The van der Waals surface area contributed by atoms with E-state index in [0.29, 0.717) is 37.4 Å². The van der Waals surface area contributed by atoms with Crippen molar-refractivity contribution < 1.29 is 24.0 Å². The molecule has 1 aromatic carbocycles. The van der Waals surface area contributed by atoms with Crippen molar-refractivity contribution in [3.8, 4) is 5.75 Å². The Kier molecular flexibility index (Phi) is 4.53. The zero-order valence-electron chi connectivity index (χ0n) is 13.7. The van der Waals surface area contributed by atoms with Crippen molar-refractivity contribution in [3.63, 3.8) is 0 Å². The molecule has 3 rings (SSSR count). The highest BCUT2D eigenvalue weighted by Gasteiger charge is 2.46. The summed E-state index contributed by atoms with van der Waals surface area (Å²) in [7, 11) is 1.54. The number of anilines is 1. The number of ether oxygens (including phenoxy) is 1. The molecule has 3 amide bonds. The highest BCUT2D eigenvalue weighted by molar-refractivity contribution is 6.21. The van der Waals surface area contributed by atoms with E-state index in [1.807, 2.05) is 0 Å². The Labute approximate surface area is 140 Å². The summed E-state index contributed by atoms with van der Waals surface area (Å²) in [4.78, 5) is 38.8. The molecule has 2 aliphatic heterocycles. The number of rotatable bonds is 4. The van der Waals surface area contributed by atoms with Gasteiger partial charge in [-0.3, -0.25) is 14.4 Å². The van der Waals surface area contributed by atoms with Crippen LogP contribution in [0.4, 0.5) is 5.69 Å². The van der Waals surface area contributed by atoms with Crippen LogP contribution in [0.15, 0.2) is 24.3 Å². The molecule has 1 atom stereocenters. The number of hydrogen-bond donors (Lipinski definition) is 2. The molecule has 0 aliphatic carbocycles. The Balaban J connectivity index is 1.73. The van der Waals surface area contributed by atoms with Crippen LogP contribution < -0.4 is 20.3 Å². The van der Waals surface area contributed by atoms with Crippen LogP contribution in [0.25, 0.3) is 0 Å². The van der Waals surface area contributed by atoms with Gasteiger partial charge in [0.2, 0.25) is 11.8 Å². The first-order valence-electron chi connectivity index (χ1n) is 8.16. The maximum absolute atomic E-state index is 12.8. The fraction of sp³-hybridized carbons (Fsp3) is 0.471. The normalized spacial score (nSPS) is 27.4. The fourth-order valence-corrected chi connectivity index (χ4v) is 3.59. The van der Waals surface area contributed by atoms with E-state index in [-0.39, 0.29) is 36.1 Å². The minimum Gasteiger partial charge on any atom is -0.497 e. The van der Waals surface area contributed by atoms with E-state index in [4.69, 9.17) is 10.5 Å². The molecule has 1 aromatic rings. The third-order valence-electron chi connectivity index (χ3n) is 4.98. The van der Waals surface area contributed by atoms with Crippen molar-refractivity contribution in [2.45, 2.75) is 25.3 Å². The van der Waals surface area contributed by atoms with Crippen LogP contribution >= 0.6 is 0 Å². The first-order valence-corrected chi connectivity index (χ1v) is 8.16. The van der Waals surface area contributed by atoms with Crippen LogP contribution in [0.1, 0.15) is 19.3 Å². The molecular weight excluding hydrogens is 310 g/mol. The van der Waals surface area contributed by atoms with Crippen molar-refractivity contribution in [2.75, 3.05) is 25.1 Å². The summed E-state index contributed by atoms with van der Waals surface area (Å²) >= 11 is 0. The lowest BCUT2D eigenvalue weighted by Gasteiger charge is -2.30. The first-order chi connectivity index (χ1) is 11.5. The van der Waals surface area contributed by atoms with Gasteiger partial charge in [-0.05, 0) is 12.1 Å². The van der Waals surface area contributed by atoms with Crippen LogP contribution in [0, 0.1) is 5.92 Å². The molecule has 2 heterocycles. The SMILES string of the molecule is COc1cccc(N2C(=O)C[C@H]([NH+]3CCC(C(N)=O)CC3)C2=O)c1. The Hall–Kier alpha value is -2.41. The van der Waals surface area contributed by atoms with Gasteiger partial charge in [0.15, 0.2) is 6.04 Å². The number of primary amides is 1. The molecule has 7 nitrogen and oxygen atoms in total. The topological polar surface area (TPSA) is 94.1 Å². The van der Waals surface area contributed by atoms with Gasteiger partial charge in [-0.15, -0.1) is 0 Å². The number of carbonyl (C=O) groups excluding carboxylic acids is 3. The highest BCUT2D eigenvalue weighted by Crippen LogP contribution is 2.26. The van der Waals surface area contributed by atoms with Crippen molar-refractivity contribution in [3.05, 3.63) is 24.3 Å². The number of benzene rings is 1. The van der Waals surface area contributed by atoms with Gasteiger partial charge in [0.05, 0.1) is 32.3 Å². The van der Waals surface area contributed by atoms with E-state index in [2.05, 4.69) is 0 Å². The van der Waals surface area contributed by atoms with E-state index < -0.39 is 0 Å². The number of nitrogens with two attached hydrogens (primary N) is 1. The summed E-state index contributed by atoms with van der Waals surface area (Å²) in [5, 5.41) is 0. The second kappa shape index (κ2) is 6.60. The molecule has 0 saturated carbocycles. The molecule has 0 aromatic heterocycles. The quantitative estimate of drug-likeness (QED) is 0.699. The minimum absolute atomic E-state index is 0.115. The van der Waals surface area contributed by atoms with Crippen LogP contribution in [-0.2, 0) is 14.4 Å². The molecule has 0 radical (unpaired) electrons. The maximum atomic E-state index is 12.8. The van der Waals surface area contributed by atoms with Crippen molar-refractivity contribution in [2.24, 2.45) is 11.7 Å². The number of hydrogen-bond acceptors (Lipinski definition) is 4. The van der Waals surface area contributed by atoms with E-state index in [9.17, 15) is 14.4 Å². The Morgan fingerprint density at radius 2 is 2.00 bits per heavy atom. The predicted molar refractivity (Wildman–Crippen MR) is 86.5 cm³/mol. The molecule has 2 saturated heterocycles. The highest BCUT2D eigenvalue weighted by atomic mass is 16.5. The number of imide groups is 1. The number of nitrogens with zero attached hydrogens (tertiary/aromatic N) is 1. The number of nitrogens with one attached hydrogen (secondary N) is 1. The number of amides is 3. The number of methoxy groups -OCH3 is 1. The summed E-state index contributed by atoms with van der Waals surface area (Å²) in [5.41, 5.74) is 5.89. The van der Waals surface area contributed by atoms with Gasteiger partial charge >= 0.3 is 0 Å². The van der Waals surface area contributed by atoms with Crippen molar-refractivity contribution >= 4 is 23.4 Å². The van der Waals surface area contributed by atoms with Crippen LogP contribution in [-0.4, -0.2) is 44.0 Å². The monoisotopic (exact) mass is 332 g/mol. The van der Waals surface area contributed by atoms with Gasteiger partial charge in [0.1, 0.15) is 5.75 Å². The lowest BCUT2D eigenvalue weighted by molar-refractivity contribution is -0.920. The molecule has 2 aliphatic rings. The van der Waals surface area contributed by atoms with E-state index in [1.165, 1.54) is 4.90 Å². The van der Waals surface area contributed by atoms with Crippen molar-refractivity contribution in [1.82, 2.24) is 0 Å². The molecule has 0 unspecified atom stereocenters. The Morgan fingerprint density at radius 3 is 2.62 bits per heavy atom. The van der Waals surface area contributed by atoms with Gasteiger partial charge < -0.3 is 15.4 Å². The maximum Gasteiger partial charge on any atom is 0.292 e. The summed E-state index contributed by atoms with van der Waals surface area (Å²) in [6.07, 6.45) is 1.54. The molecular formula is C17H22N3O4+.